The van der Waals surface area contributed by atoms with Gasteiger partial charge in [-0.25, -0.2) is 4.39 Å². The molecule has 0 saturated heterocycles. The lowest BCUT2D eigenvalue weighted by Crippen LogP contribution is -2.07. The van der Waals surface area contributed by atoms with Gasteiger partial charge in [0.05, 0.1) is 0 Å². The number of aryl methyl sites for hydroxylation is 2. The summed E-state index contributed by atoms with van der Waals surface area (Å²) in [5.74, 6) is 1.49. The zero-order valence-corrected chi connectivity index (χ0v) is 18.1. The number of rotatable bonds is 7. The van der Waals surface area contributed by atoms with Gasteiger partial charge in [-0.05, 0) is 56.2 Å². The van der Waals surface area contributed by atoms with Crippen LogP contribution in [-0.4, -0.2) is 14.8 Å². The van der Waals surface area contributed by atoms with Gasteiger partial charge >= 0.3 is 0 Å². The standard InChI is InChI=1S/C20H20Cl2FN3OS/c1-4-26-18(10-27-14-8-12(2)19(22)13(3)9-14)24-25-20(26)28-11-15-16(21)6-5-7-17(15)23/h5-9H,4,10-11H2,1-3H3. The average Bonchev–Trinajstić information content (AvgIpc) is 3.05. The van der Waals surface area contributed by atoms with Gasteiger partial charge in [-0.3, -0.25) is 0 Å². The fraction of sp³-hybridized carbons (Fsp3) is 0.300. The van der Waals surface area contributed by atoms with Crippen molar-refractivity contribution < 1.29 is 9.13 Å². The quantitative estimate of drug-likeness (QED) is 0.408. The fourth-order valence-corrected chi connectivity index (χ4v) is 4.27. The van der Waals surface area contributed by atoms with E-state index in [-0.39, 0.29) is 12.4 Å². The van der Waals surface area contributed by atoms with Crippen molar-refractivity contribution in [3.05, 3.63) is 68.7 Å². The second kappa shape index (κ2) is 9.16. The summed E-state index contributed by atoms with van der Waals surface area (Å²) in [5, 5.41) is 10.3. The average molecular weight is 440 g/mol. The lowest BCUT2D eigenvalue weighted by molar-refractivity contribution is 0.288. The van der Waals surface area contributed by atoms with Gasteiger partial charge in [0.25, 0.3) is 0 Å². The van der Waals surface area contributed by atoms with Crippen molar-refractivity contribution in [1.82, 2.24) is 14.8 Å². The molecular formula is C20H20Cl2FN3OS. The summed E-state index contributed by atoms with van der Waals surface area (Å²) in [4.78, 5) is 0. The van der Waals surface area contributed by atoms with E-state index >= 15 is 0 Å². The number of hydrogen-bond acceptors (Lipinski definition) is 4. The van der Waals surface area contributed by atoms with Crippen LogP contribution < -0.4 is 4.74 Å². The van der Waals surface area contributed by atoms with E-state index < -0.39 is 0 Å². The van der Waals surface area contributed by atoms with E-state index in [9.17, 15) is 4.39 Å². The van der Waals surface area contributed by atoms with Crippen LogP contribution in [0.15, 0.2) is 35.5 Å². The van der Waals surface area contributed by atoms with Gasteiger partial charge in [0.2, 0.25) is 0 Å². The molecule has 1 heterocycles. The van der Waals surface area contributed by atoms with E-state index in [1.54, 1.807) is 12.1 Å². The maximum absolute atomic E-state index is 14.0. The zero-order valence-electron chi connectivity index (χ0n) is 15.8. The van der Waals surface area contributed by atoms with Crippen LogP contribution in [0, 0.1) is 19.7 Å². The summed E-state index contributed by atoms with van der Waals surface area (Å²) in [6.45, 7) is 6.85. The molecule has 3 rings (SSSR count). The Kier molecular flexibility index (Phi) is 6.86. The second-order valence-electron chi connectivity index (χ2n) is 6.29. The Morgan fingerprint density at radius 3 is 2.50 bits per heavy atom. The number of thioether (sulfide) groups is 1. The van der Waals surface area contributed by atoms with Crippen LogP contribution in [0.4, 0.5) is 4.39 Å². The lowest BCUT2D eigenvalue weighted by atomic mass is 10.1. The Balaban J connectivity index is 1.71. The van der Waals surface area contributed by atoms with Gasteiger partial charge in [-0.15, -0.1) is 10.2 Å². The molecule has 2 aromatic carbocycles. The molecule has 0 amide bonds. The third kappa shape index (κ3) is 4.62. The van der Waals surface area contributed by atoms with Crippen LogP contribution in [0.25, 0.3) is 0 Å². The molecule has 4 nitrogen and oxygen atoms in total. The molecule has 1 aromatic heterocycles. The maximum Gasteiger partial charge on any atom is 0.191 e. The first-order valence-corrected chi connectivity index (χ1v) is 10.5. The number of halogens is 3. The van der Waals surface area contributed by atoms with Crippen molar-refractivity contribution in [3.8, 4) is 5.75 Å². The smallest absolute Gasteiger partial charge is 0.191 e. The Bertz CT molecular complexity index is 950. The molecule has 0 bridgehead atoms. The zero-order chi connectivity index (χ0) is 20.3. The van der Waals surface area contributed by atoms with E-state index in [0.717, 1.165) is 21.9 Å². The van der Waals surface area contributed by atoms with Gasteiger partial charge in [-0.2, -0.15) is 0 Å². The lowest BCUT2D eigenvalue weighted by Gasteiger charge is -2.11. The highest BCUT2D eigenvalue weighted by Crippen LogP contribution is 2.29. The molecule has 0 aliphatic carbocycles. The molecule has 0 fully saturated rings. The van der Waals surface area contributed by atoms with Crippen LogP contribution in [0.3, 0.4) is 0 Å². The predicted octanol–water partition coefficient (Wildman–Crippen LogP) is 6.23. The van der Waals surface area contributed by atoms with E-state index in [2.05, 4.69) is 10.2 Å². The van der Waals surface area contributed by atoms with E-state index in [1.807, 2.05) is 37.5 Å². The van der Waals surface area contributed by atoms with Crippen LogP contribution in [0.5, 0.6) is 5.75 Å². The van der Waals surface area contributed by atoms with Crippen molar-refractivity contribution in [1.29, 1.82) is 0 Å². The molecule has 0 atom stereocenters. The topological polar surface area (TPSA) is 39.9 Å². The molecular weight excluding hydrogens is 420 g/mol. The molecule has 0 aliphatic heterocycles. The van der Waals surface area contributed by atoms with Crippen molar-refractivity contribution in [2.45, 2.75) is 44.8 Å². The highest BCUT2D eigenvalue weighted by molar-refractivity contribution is 7.98. The molecule has 28 heavy (non-hydrogen) atoms. The molecule has 0 saturated carbocycles. The second-order valence-corrected chi connectivity index (χ2v) is 8.02. The molecule has 0 aliphatic rings. The SMILES string of the molecule is CCn1c(COc2cc(C)c(Cl)c(C)c2)nnc1SCc1c(F)cccc1Cl. The Morgan fingerprint density at radius 2 is 1.86 bits per heavy atom. The van der Waals surface area contributed by atoms with Crippen molar-refractivity contribution in [2.24, 2.45) is 0 Å². The molecule has 0 spiro atoms. The fourth-order valence-electron chi connectivity index (χ4n) is 2.79. The summed E-state index contributed by atoms with van der Waals surface area (Å²) in [7, 11) is 0. The Morgan fingerprint density at radius 1 is 1.14 bits per heavy atom. The summed E-state index contributed by atoms with van der Waals surface area (Å²) in [6, 6.07) is 8.48. The van der Waals surface area contributed by atoms with Gasteiger partial charge < -0.3 is 9.30 Å². The highest BCUT2D eigenvalue weighted by Gasteiger charge is 2.15. The van der Waals surface area contributed by atoms with Gasteiger partial charge in [-0.1, -0.05) is 41.0 Å². The number of ether oxygens (including phenoxy) is 1. The monoisotopic (exact) mass is 439 g/mol. The minimum Gasteiger partial charge on any atom is -0.486 e. The molecule has 3 aromatic rings. The summed E-state index contributed by atoms with van der Waals surface area (Å²) in [6.07, 6.45) is 0. The van der Waals surface area contributed by atoms with Crippen molar-refractivity contribution >= 4 is 35.0 Å². The Labute approximate surface area is 178 Å². The molecule has 0 N–H and O–H groups in total. The minimum atomic E-state index is -0.320. The molecule has 148 valence electrons. The molecule has 0 radical (unpaired) electrons. The maximum atomic E-state index is 14.0. The van der Waals surface area contributed by atoms with Crippen LogP contribution in [-0.2, 0) is 18.9 Å². The van der Waals surface area contributed by atoms with E-state index in [4.69, 9.17) is 27.9 Å². The first kappa shape index (κ1) is 21.0. The highest BCUT2D eigenvalue weighted by atomic mass is 35.5. The third-order valence-electron chi connectivity index (χ3n) is 4.29. The molecule has 8 heteroatoms. The summed E-state index contributed by atoms with van der Waals surface area (Å²) >= 11 is 13.7. The number of benzene rings is 2. The summed E-state index contributed by atoms with van der Waals surface area (Å²) < 4.78 is 21.8. The van der Waals surface area contributed by atoms with Crippen LogP contribution in [0.2, 0.25) is 10.0 Å². The van der Waals surface area contributed by atoms with E-state index in [0.29, 0.717) is 33.9 Å². The first-order chi connectivity index (χ1) is 13.4. The van der Waals surface area contributed by atoms with E-state index in [1.165, 1.54) is 17.8 Å². The number of aromatic nitrogens is 3. The number of hydrogen-bond donors (Lipinski definition) is 0. The minimum absolute atomic E-state index is 0.280. The normalized spacial score (nSPS) is 11.1. The van der Waals surface area contributed by atoms with Gasteiger partial charge in [0.15, 0.2) is 11.0 Å². The van der Waals surface area contributed by atoms with Crippen LogP contribution >= 0.6 is 35.0 Å². The van der Waals surface area contributed by atoms with Crippen molar-refractivity contribution in [3.63, 3.8) is 0 Å². The first-order valence-electron chi connectivity index (χ1n) is 8.78. The predicted molar refractivity (Wildman–Crippen MR) is 112 cm³/mol. The van der Waals surface area contributed by atoms with Gasteiger partial charge in [0, 0.05) is 27.9 Å². The third-order valence-corrected chi connectivity index (χ3v) is 6.24. The van der Waals surface area contributed by atoms with Crippen LogP contribution in [0.1, 0.15) is 29.4 Å². The van der Waals surface area contributed by atoms with Gasteiger partial charge in [0.1, 0.15) is 18.2 Å². The van der Waals surface area contributed by atoms with Crippen molar-refractivity contribution in [2.75, 3.05) is 0 Å². The largest absolute Gasteiger partial charge is 0.486 e. The molecule has 0 unspecified atom stereocenters. The summed E-state index contributed by atoms with van der Waals surface area (Å²) in [5.41, 5.74) is 2.39. The Hall–Kier alpha value is -1.76. The number of nitrogens with zero attached hydrogens (tertiary/aromatic N) is 3.